The Morgan fingerprint density at radius 3 is 2.41 bits per heavy atom. The topological polar surface area (TPSA) is 167 Å². The number of piperidine rings is 1. The van der Waals surface area contributed by atoms with Crippen molar-refractivity contribution in [1.29, 1.82) is 0 Å². The van der Waals surface area contributed by atoms with Gasteiger partial charge in [-0.2, -0.15) is 0 Å². The van der Waals surface area contributed by atoms with Crippen molar-refractivity contribution in [3.05, 3.63) is 59.5 Å². The smallest absolute Gasteiger partial charge is 0.255 e. The minimum Gasteiger partial charge on any atom is -0.492 e. The molecule has 4 heterocycles. The molecule has 51 heavy (non-hydrogen) atoms. The molecule has 0 spiro atoms. The zero-order chi connectivity index (χ0) is 36.3. The summed E-state index contributed by atoms with van der Waals surface area (Å²) < 4.78 is 32.5. The number of aryl methyl sites for hydroxylation is 1. The molecule has 0 atom stereocenters. The molecule has 0 saturated carbocycles. The van der Waals surface area contributed by atoms with Crippen molar-refractivity contribution in [3.8, 4) is 5.75 Å². The first-order valence-corrected chi connectivity index (χ1v) is 19.2. The van der Waals surface area contributed by atoms with E-state index in [2.05, 4.69) is 45.4 Å². The molecule has 1 amide bonds. The van der Waals surface area contributed by atoms with E-state index < -0.39 is 15.9 Å². The van der Waals surface area contributed by atoms with Gasteiger partial charge in [0.05, 0.1) is 30.9 Å². The number of benzene rings is 2. The summed E-state index contributed by atoms with van der Waals surface area (Å²) in [7, 11) is -2.19. The molecular formula is C36H48N10O4S. The van der Waals surface area contributed by atoms with Gasteiger partial charge in [-0.1, -0.05) is 26.8 Å². The van der Waals surface area contributed by atoms with Gasteiger partial charge in [-0.15, -0.1) is 0 Å². The van der Waals surface area contributed by atoms with Gasteiger partial charge >= 0.3 is 0 Å². The molecule has 4 aromatic rings. The lowest BCUT2D eigenvalue weighted by Gasteiger charge is -2.37. The normalized spacial score (nSPS) is 16.2. The molecule has 2 aliphatic heterocycles. The SMILES string of the molecule is COc1c(NC(=O)c2ccc(C)c(Nc3ncnc4cnc(N5CCN(CC6CCNCC6)CC5)nc34)c2)cc(C(C)(C)C)cc1NS(C)(=O)=O. The number of hydrogen-bond acceptors (Lipinski definition) is 12. The summed E-state index contributed by atoms with van der Waals surface area (Å²) >= 11 is 0. The fourth-order valence-electron chi connectivity index (χ4n) is 6.52. The molecule has 14 nitrogen and oxygen atoms in total. The Labute approximate surface area is 299 Å². The second-order valence-electron chi connectivity index (χ2n) is 14.4. The Hall–Kier alpha value is -4.60. The van der Waals surface area contributed by atoms with Crippen molar-refractivity contribution in [2.75, 3.05) is 79.4 Å². The van der Waals surface area contributed by atoms with Gasteiger partial charge in [0, 0.05) is 44.0 Å². The highest BCUT2D eigenvalue weighted by atomic mass is 32.2. The molecule has 15 heteroatoms. The first-order chi connectivity index (χ1) is 24.3. The van der Waals surface area contributed by atoms with Gasteiger partial charge in [0.25, 0.3) is 5.91 Å². The van der Waals surface area contributed by atoms with Crippen LogP contribution < -0.4 is 30.3 Å². The van der Waals surface area contributed by atoms with Crippen LogP contribution >= 0.6 is 0 Å². The number of carbonyl (C=O) groups is 1. The molecule has 2 aromatic carbocycles. The molecule has 4 N–H and O–H groups in total. The number of amides is 1. The molecule has 0 aliphatic carbocycles. The first-order valence-electron chi connectivity index (χ1n) is 17.3. The van der Waals surface area contributed by atoms with E-state index in [0.29, 0.717) is 39.7 Å². The highest BCUT2D eigenvalue weighted by Crippen LogP contribution is 2.39. The summed E-state index contributed by atoms with van der Waals surface area (Å²) in [5, 5.41) is 9.78. The number of nitrogens with one attached hydrogen (secondary N) is 4. The van der Waals surface area contributed by atoms with E-state index in [4.69, 9.17) is 9.72 Å². The molecule has 0 radical (unpaired) electrons. The largest absolute Gasteiger partial charge is 0.492 e. The van der Waals surface area contributed by atoms with Crippen LogP contribution in [0.2, 0.25) is 0 Å². The number of piperazine rings is 1. The van der Waals surface area contributed by atoms with Crippen LogP contribution in [0.1, 0.15) is 55.1 Å². The van der Waals surface area contributed by atoms with Gasteiger partial charge in [-0.3, -0.25) is 14.4 Å². The number of sulfonamides is 1. The number of fused-ring (bicyclic) bond motifs is 1. The molecule has 2 aromatic heterocycles. The van der Waals surface area contributed by atoms with Crippen molar-refractivity contribution in [2.24, 2.45) is 5.92 Å². The lowest BCUT2D eigenvalue weighted by Crippen LogP contribution is -2.49. The molecule has 272 valence electrons. The number of hydrogen-bond donors (Lipinski definition) is 4. The van der Waals surface area contributed by atoms with Crippen molar-refractivity contribution in [1.82, 2.24) is 30.2 Å². The van der Waals surface area contributed by atoms with Crippen LogP contribution in [0, 0.1) is 12.8 Å². The number of nitrogens with zero attached hydrogens (tertiary/aromatic N) is 6. The highest BCUT2D eigenvalue weighted by molar-refractivity contribution is 7.92. The van der Waals surface area contributed by atoms with Gasteiger partial charge in [0.2, 0.25) is 16.0 Å². The number of rotatable bonds is 10. The third-order valence-electron chi connectivity index (χ3n) is 9.45. The summed E-state index contributed by atoms with van der Waals surface area (Å²) in [5.74, 6) is 1.71. The number of anilines is 5. The fraction of sp³-hybridized carbons (Fsp3) is 0.472. The van der Waals surface area contributed by atoms with E-state index in [1.54, 1.807) is 30.5 Å². The molecular weight excluding hydrogens is 669 g/mol. The maximum Gasteiger partial charge on any atom is 0.255 e. The monoisotopic (exact) mass is 716 g/mol. The second-order valence-corrected chi connectivity index (χ2v) is 16.2. The number of carbonyl (C=O) groups excluding carboxylic acids is 1. The second kappa shape index (κ2) is 14.9. The van der Waals surface area contributed by atoms with Crippen molar-refractivity contribution >= 4 is 55.8 Å². The average molecular weight is 717 g/mol. The minimum atomic E-state index is -3.62. The Morgan fingerprint density at radius 1 is 1.00 bits per heavy atom. The third kappa shape index (κ3) is 8.83. The number of aromatic nitrogens is 4. The van der Waals surface area contributed by atoms with Gasteiger partial charge in [-0.25, -0.2) is 28.4 Å². The first kappa shape index (κ1) is 36.2. The van der Waals surface area contributed by atoms with Crippen LogP contribution in [-0.2, 0) is 15.4 Å². The van der Waals surface area contributed by atoms with E-state index in [0.717, 1.165) is 69.1 Å². The average Bonchev–Trinajstić information content (AvgIpc) is 3.09. The minimum absolute atomic E-state index is 0.207. The zero-order valence-electron chi connectivity index (χ0n) is 30.2. The van der Waals surface area contributed by atoms with Crippen LogP contribution in [0.25, 0.3) is 11.0 Å². The molecule has 6 rings (SSSR count). The maximum absolute atomic E-state index is 13.7. The van der Waals surface area contributed by atoms with Crippen molar-refractivity contribution < 1.29 is 17.9 Å². The fourth-order valence-corrected chi connectivity index (χ4v) is 7.07. The number of ether oxygens (including phenoxy) is 1. The van der Waals surface area contributed by atoms with Crippen LogP contribution in [0.5, 0.6) is 5.75 Å². The Morgan fingerprint density at radius 2 is 1.73 bits per heavy atom. The highest BCUT2D eigenvalue weighted by Gasteiger charge is 2.25. The molecule has 2 saturated heterocycles. The van der Waals surface area contributed by atoms with Crippen LogP contribution in [0.4, 0.5) is 28.8 Å². The van der Waals surface area contributed by atoms with E-state index in [1.807, 2.05) is 33.8 Å². The summed E-state index contributed by atoms with van der Waals surface area (Å²) in [5.41, 5.74) is 4.19. The summed E-state index contributed by atoms with van der Waals surface area (Å²) in [4.78, 5) is 37.0. The Kier molecular flexibility index (Phi) is 10.6. The van der Waals surface area contributed by atoms with Crippen molar-refractivity contribution in [3.63, 3.8) is 0 Å². The molecule has 0 unspecified atom stereocenters. The summed E-state index contributed by atoms with van der Waals surface area (Å²) in [6.45, 7) is 15.0. The summed E-state index contributed by atoms with van der Waals surface area (Å²) in [6.07, 6.45) is 6.75. The Bertz CT molecular complexity index is 2000. The standard InChI is InChI=1S/C36H48N10O4S/c1-23-7-8-25(34(47)42-28-18-26(36(2,3)4)19-29(32(28)50-5)44-51(6,48)49)17-27(23)41-33-31-30(39-22-40-33)20-38-35(43-31)46-15-13-45(14-16-46)21-24-9-11-37-12-10-24/h7-8,17-20,22,24,37,44H,9-16,21H2,1-6H3,(H,42,47)(H,39,40,41). The van der Waals surface area contributed by atoms with Crippen LogP contribution in [0.15, 0.2) is 42.9 Å². The predicted octanol–water partition coefficient (Wildman–Crippen LogP) is 4.52. The van der Waals surface area contributed by atoms with Gasteiger partial charge < -0.3 is 25.6 Å². The predicted molar refractivity (Wildman–Crippen MR) is 202 cm³/mol. The molecule has 0 bridgehead atoms. The van der Waals surface area contributed by atoms with Gasteiger partial charge in [0.15, 0.2) is 11.6 Å². The van der Waals surface area contributed by atoms with Crippen molar-refractivity contribution in [2.45, 2.75) is 46.0 Å². The van der Waals surface area contributed by atoms with Gasteiger partial charge in [-0.05, 0) is 79.6 Å². The number of methoxy groups -OCH3 is 1. The molecule has 2 aliphatic rings. The van der Waals surface area contributed by atoms with E-state index >= 15 is 0 Å². The third-order valence-corrected chi connectivity index (χ3v) is 10.0. The quantitative estimate of drug-likeness (QED) is 0.182. The zero-order valence-corrected chi connectivity index (χ0v) is 31.0. The lowest BCUT2D eigenvalue weighted by molar-refractivity contribution is 0.102. The Balaban J connectivity index is 1.22. The summed E-state index contributed by atoms with van der Waals surface area (Å²) in [6, 6.07) is 8.85. The van der Waals surface area contributed by atoms with E-state index in [1.165, 1.54) is 26.3 Å². The van der Waals surface area contributed by atoms with Gasteiger partial charge in [0.1, 0.15) is 17.4 Å². The lowest BCUT2D eigenvalue weighted by atomic mass is 9.86. The van der Waals surface area contributed by atoms with Crippen LogP contribution in [-0.4, -0.2) is 98.3 Å². The molecule has 2 fully saturated rings. The maximum atomic E-state index is 13.7. The van der Waals surface area contributed by atoms with E-state index in [-0.39, 0.29) is 16.9 Å². The van der Waals surface area contributed by atoms with E-state index in [9.17, 15) is 13.2 Å². The van der Waals surface area contributed by atoms with Crippen LogP contribution in [0.3, 0.4) is 0 Å².